The van der Waals surface area contributed by atoms with E-state index in [9.17, 15) is 14.9 Å². The monoisotopic (exact) mass is 185 g/mol. The van der Waals surface area contributed by atoms with Crippen molar-refractivity contribution in [1.82, 2.24) is 0 Å². The second-order valence-electron chi connectivity index (χ2n) is 2.63. The third kappa shape index (κ3) is 1.79. The predicted molar refractivity (Wildman–Crippen MR) is 40.9 cm³/mol. The summed E-state index contributed by atoms with van der Waals surface area (Å²) in [5, 5.41) is 28.4. The van der Waals surface area contributed by atoms with E-state index in [-0.39, 0.29) is 12.0 Å². The fraction of sp³-hybridized carbons (Fsp3) is 0.286. The molecular formula is C7H7NO5. The second kappa shape index (κ2) is 3.08. The van der Waals surface area contributed by atoms with Crippen molar-refractivity contribution < 1.29 is 19.9 Å². The fourth-order valence-electron chi connectivity index (χ4n) is 0.942. The van der Waals surface area contributed by atoms with E-state index in [2.05, 4.69) is 0 Å². The van der Waals surface area contributed by atoms with Crippen LogP contribution in [0.15, 0.2) is 23.9 Å². The molecule has 6 heteroatoms. The number of allylic oxidation sites excluding steroid dienone is 1. The second-order valence-corrected chi connectivity index (χ2v) is 2.63. The first-order valence-electron chi connectivity index (χ1n) is 3.43. The molecule has 1 rings (SSSR count). The molecule has 0 heterocycles. The summed E-state index contributed by atoms with van der Waals surface area (Å²) in [6, 6.07) is 0. The van der Waals surface area contributed by atoms with Gasteiger partial charge in [-0.2, -0.15) is 0 Å². The summed E-state index contributed by atoms with van der Waals surface area (Å²) in [7, 11) is 0. The maximum Gasteiger partial charge on any atom is 0.266 e. The van der Waals surface area contributed by atoms with Crippen LogP contribution in [-0.2, 0) is 4.79 Å². The van der Waals surface area contributed by atoms with Gasteiger partial charge in [0.05, 0.1) is 10.8 Å². The number of hydrogen-bond acceptors (Lipinski definition) is 5. The summed E-state index contributed by atoms with van der Waals surface area (Å²) < 4.78 is 0. The maximum absolute atomic E-state index is 10.3. The molecule has 1 aliphatic rings. The summed E-state index contributed by atoms with van der Waals surface area (Å²) >= 11 is 0. The highest BCUT2D eigenvalue weighted by atomic mass is 16.6. The molecule has 0 aliphatic heterocycles. The van der Waals surface area contributed by atoms with E-state index >= 15 is 0 Å². The highest BCUT2D eigenvalue weighted by Gasteiger charge is 2.35. The third-order valence-electron chi connectivity index (χ3n) is 1.70. The molecule has 0 saturated heterocycles. The molecule has 1 aliphatic carbocycles. The van der Waals surface area contributed by atoms with Crippen molar-refractivity contribution >= 4 is 6.29 Å². The molecule has 1 atom stereocenters. The largest absolute Gasteiger partial charge is 0.362 e. The van der Waals surface area contributed by atoms with E-state index in [1.165, 1.54) is 0 Å². The lowest BCUT2D eigenvalue weighted by Gasteiger charge is -2.23. The normalized spacial score (nSPS) is 25.1. The number of nitro groups is 1. The topological polar surface area (TPSA) is 101 Å². The summed E-state index contributed by atoms with van der Waals surface area (Å²) in [4.78, 5) is 19.9. The Labute approximate surface area is 72.9 Å². The van der Waals surface area contributed by atoms with Crippen LogP contribution in [0.25, 0.3) is 0 Å². The van der Waals surface area contributed by atoms with Crippen LogP contribution >= 0.6 is 0 Å². The van der Waals surface area contributed by atoms with Crippen molar-refractivity contribution in [2.24, 2.45) is 5.92 Å². The smallest absolute Gasteiger partial charge is 0.266 e. The summed E-state index contributed by atoms with van der Waals surface area (Å²) in [5.41, 5.74) is -0.323. The SMILES string of the molecule is O=CC1C=C([N+](=O)[O-])C=CC1(O)O. The predicted octanol–water partition coefficient (Wildman–Crippen LogP) is -0.787. The van der Waals surface area contributed by atoms with Gasteiger partial charge in [0.25, 0.3) is 5.70 Å². The molecule has 2 N–H and O–H groups in total. The van der Waals surface area contributed by atoms with Gasteiger partial charge >= 0.3 is 0 Å². The first-order chi connectivity index (χ1) is 5.97. The minimum Gasteiger partial charge on any atom is -0.362 e. The van der Waals surface area contributed by atoms with Crippen molar-refractivity contribution in [1.29, 1.82) is 0 Å². The summed E-state index contributed by atoms with van der Waals surface area (Å²) in [6.07, 6.45) is 2.89. The van der Waals surface area contributed by atoms with Crippen LogP contribution in [0, 0.1) is 16.0 Å². The van der Waals surface area contributed by atoms with Crippen LogP contribution < -0.4 is 0 Å². The maximum atomic E-state index is 10.3. The average Bonchev–Trinajstić information content (AvgIpc) is 2.03. The van der Waals surface area contributed by atoms with Gasteiger partial charge in [0.15, 0.2) is 5.79 Å². The average molecular weight is 185 g/mol. The van der Waals surface area contributed by atoms with Gasteiger partial charge in [-0.05, 0) is 6.08 Å². The van der Waals surface area contributed by atoms with Gasteiger partial charge in [0.2, 0.25) is 0 Å². The van der Waals surface area contributed by atoms with E-state index in [0.29, 0.717) is 0 Å². The first kappa shape index (κ1) is 9.56. The molecule has 6 nitrogen and oxygen atoms in total. The number of rotatable bonds is 2. The molecule has 1 unspecified atom stereocenters. The molecule has 0 aromatic rings. The standard InChI is InChI=1S/C7H7NO5/c9-4-5-3-6(8(12)13)1-2-7(5,10)11/h1-5,10-11H. The summed E-state index contributed by atoms with van der Waals surface area (Å²) in [5.74, 6) is -3.61. The molecule has 0 amide bonds. The van der Waals surface area contributed by atoms with Gasteiger partial charge in [-0.15, -0.1) is 0 Å². The number of nitrogens with zero attached hydrogens (tertiary/aromatic N) is 1. The number of aldehydes is 1. The lowest BCUT2D eigenvalue weighted by Crippen LogP contribution is -2.37. The Bertz CT molecular complexity index is 304. The van der Waals surface area contributed by atoms with E-state index < -0.39 is 16.6 Å². The van der Waals surface area contributed by atoms with E-state index in [0.717, 1.165) is 18.2 Å². The molecule has 0 radical (unpaired) electrons. The third-order valence-corrected chi connectivity index (χ3v) is 1.70. The molecule has 0 aromatic carbocycles. The molecule has 0 spiro atoms. The summed E-state index contributed by atoms with van der Waals surface area (Å²) in [6.45, 7) is 0. The van der Waals surface area contributed by atoms with E-state index in [1.807, 2.05) is 0 Å². The number of carbonyl (C=O) groups excluding carboxylic acids is 1. The Morgan fingerprint density at radius 1 is 1.62 bits per heavy atom. The van der Waals surface area contributed by atoms with Crippen molar-refractivity contribution in [2.75, 3.05) is 0 Å². The van der Waals surface area contributed by atoms with Crippen molar-refractivity contribution in [3.05, 3.63) is 34.0 Å². The number of hydrogen-bond donors (Lipinski definition) is 2. The fourth-order valence-corrected chi connectivity index (χ4v) is 0.942. The van der Waals surface area contributed by atoms with Crippen LogP contribution in [0.4, 0.5) is 0 Å². The Kier molecular flexibility index (Phi) is 2.26. The lowest BCUT2D eigenvalue weighted by atomic mass is 9.94. The molecular weight excluding hydrogens is 178 g/mol. The van der Waals surface area contributed by atoms with Gasteiger partial charge in [0, 0.05) is 12.2 Å². The molecule has 0 bridgehead atoms. The van der Waals surface area contributed by atoms with Gasteiger partial charge < -0.3 is 15.0 Å². The van der Waals surface area contributed by atoms with Crippen molar-refractivity contribution in [3.63, 3.8) is 0 Å². The zero-order valence-electron chi connectivity index (χ0n) is 6.45. The Morgan fingerprint density at radius 2 is 2.23 bits per heavy atom. The van der Waals surface area contributed by atoms with Crippen LogP contribution in [0.3, 0.4) is 0 Å². The van der Waals surface area contributed by atoms with Gasteiger partial charge in [0.1, 0.15) is 6.29 Å². The minimum atomic E-state index is -2.32. The van der Waals surface area contributed by atoms with E-state index in [4.69, 9.17) is 10.2 Å². The first-order valence-corrected chi connectivity index (χ1v) is 3.43. The molecule has 0 aromatic heterocycles. The zero-order chi connectivity index (χ0) is 10.1. The van der Waals surface area contributed by atoms with Crippen LogP contribution in [-0.4, -0.2) is 27.2 Å². The Balaban J connectivity index is 3.00. The van der Waals surface area contributed by atoms with E-state index in [1.54, 1.807) is 0 Å². The highest BCUT2D eigenvalue weighted by molar-refractivity contribution is 5.60. The highest BCUT2D eigenvalue weighted by Crippen LogP contribution is 2.23. The zero-order valence-corrected chi connectivity index (χ0v) is 6.45. The minimum absolute atomic E-state index is 0.243. The Morgan fingerprint density at radius 3 is 2.69 bits per heavy atom. The van der Waals surface area contributed by atoms with Crippen molar-refractivity contribution in [2.45, 2.75) is 5.79 Å². The quantitative estimate of drug-likeness (QED) is 0.254. The van der Waals surface area contributed by atoms with Gasteiger partial charge in [-0.1, -0.05) is 0 Å². The lowest BCUT2D eigenvalue weighted by molar-refractivity contribution is -0.420. The van der Waals surface area contributed by atoms with Crippen LogP contribution in [0.2, 0.25) is 0 Å². The molecule has 0 saturated carbocycles. The molecule has 0 fully saturated rings. The van der Waals surface area contributed by atoms with Crippen molar-refractivity contribution in [3.8, 4) is 0 Å². The molecule has 70 valence electrons. The van der Waals surface area contributed by atoms with Gasteiger partial charge in [-0.3, -0.25) is 10.1 Å². The number of carbonyl (C=O) groups is 1. The van der Waals surface area contributed by atoms with Gasteiger partial charge in [-0.25, -0.2) is 0 Å². The Hall–Kier alpha value is -1.53. The molecule has 13 heavy (non-hydrogen) atoms. The van der Waals surface area contributed by atoms with Crippen LogP contribution in [0.5, 0.6) is 0 Å². The van der Waals surface area contributed by atoms with Crippen LogP contribution in [0.1, 0.15) is 0 Å². The number of aliphatic hydroxyl groups is 2.